The van der Waals surface area contributed by atoms with Crippen molar-refractivity contribution < 1.29 is 15.0 Å². The minimum Gasteiger partial charge on any atom is -0.450 e. The molecule has 0 aliphatic carbocycles. The van der Waals surface area contributed by atoms with Crippen molar-refractivity contribution in [1.29, 1.82) is 0 Å². The van der Waals surface area contributed by atoms with Gasteiger partial charge in [0.05, 0.1) is 0 Å². The zero-order chi connectivity index (χ0) is 8.41. The minimum atomic E-state index is -1.83. The van der Waals surface area contributed by atoms with Crippen LogP contribution < -0.4 is 5.73 Å². The van der Waals surface area contributed by atoms with E-state index in [1.807, 2.05) is 0 Å². The third-order valence-electron chi connectivity index (χ3n) is 0.808. The maximum absolute atomic E-state index is 8.56. The average molecular weight is 149 g/mol. The average Bonchev–Trinajstić information content (AvgIpc) is 1.82. The van der Waals surface area contributed by atoms with Crippen LogP contribution in [0.15, 0.2) is 0 Å². The van der Waals surface area contributed by atoms with E-state index in [1.54, 1.807) is 0 Å². The van der Waals surface area contributed by atoms with Gasteiger partial charge in [-0.15, -0.1) is 0 Å². The molecule has 0 aliphatic rings. The summed E-state index contributed by atoms with van der Waals surface area (Å²) in [6.07, 6.45) is 1.92. The number of carboxylic acid groups (broad SMARTS) is 2. The molecule has 10 heavy (non-hydrogen) atoms. The van der Waals surface area contributed by atoms with E-state index in [1.165, 1.54) is 19.3 Å². The molecule has 4 nitrogen and oxygen atoms in total. The molecule has 0 amide bonds. The van der Waals surface area contributed by atoms with Gasteiger partial charge in [0.15, 0.2) is 0 Å². The van der Waals surface area contributed by atoms with Gasteiger partial charge >= 0.3 is 6.16 Å². The molecular formula is C6H15NO3. The molecular weight excluding hydrogens is 134 g/mol. The number of rotatable bonds is 3. The van der Waals surface area contributed by atoms with Crippen molar-refractivity contribution >= 4 is 6.16 Å². The molecule has 0 fully saturated rings. The predicted molar refractivity (Wildman–Crippen MR) is 39.2 cm³/mol. The molecule has 4 N–H and O–H groups in total. The van der Waals surface area contributed by atoms with E-state index in [-0.39, 0.29) is 0 Å². The normalized spacial score (nSPS) is 7.80. The largest absolute Gasteiger partial charge is 0.503 e. The van der Waals surface area contributed by atoms with Crippen LogP contribution in [0.25, 0.3) is 0 Å². The smallest absolute Gasteiger partial charge is 0.450 e. The van der Waals surface area contributed by atoms with Crippen LogP contribution in [0, 0.1) is 0 Å². The van der Waals surface area contributed by atoms with Gasteiger partial charge in [0.1, 0.15) is 0 Å². The van der Waals surface area contributed by atoms with E-state index in [0.29, 0.717) is 0 Å². The lowest BCUT2D eigenvalue weighted by Gasteiger charge is -1.86. The summed E-state index contributed by atoms with van der Waals surface area (Å²) in [6.45, 7) is 3.03. The topological polar surface area (TPSA) is 83.6 Å². The summed E-state index contributed by atoms with van der Waals surface area (Å²) in [4.78, 5) is 8.56. The van der Waals surface area contributed by atoms with Crippen molar-refractivity contribution in [3.05, 3.63) is 0 Å². The number of unbranched alkanes of at least 4 members (excludes halogenated alkanes) is 2. The molecule has 62 valence electrons. The van der Waals surface area contributed by atoms with E-state index in [0.717, 1.165) is 6.54 Å². The first-order chi connectivity index (χ1) is 4.65. The highest BCUT2D eigenvalue weighted by Gasteiger charge is 1.75. The van der Waals surface area contributed by atoms with Gasteiger partial charge in [0.2, 0.25) is 0 Å². The summed E-state index contributed by atoms with van der Waals surface area (Å²) >= 11 is 0. The first-order valence-corrected chi connectivity index (χ1v) is 3.27. The van der Waals surface area contributed by atoms with Crippen molar-refractivity contribution in [3.8, 4) is 0 Å². The van der Waals surface area contributed by atoms with Crippen LogP contribution >= 0.6 is 0 Å². The first-order valence-electron chi connectivity index (χ1n) is 3.27. The number of hydrogen-bond donors (Lipinski definition) is 3. The Balaban J connectivity index is 0. The Morgan fingerprint density at radius 1 is 1.40 bits per heavy atom. The second-order valence-corrected chi connectivity index (χ2v) is 1.78. The molecule has 0 aromatic carbocycles. The van der Waals surface area contributed by atoms with Crippen molar-refractivity contribution in [1.82, 2.24) is 0 Å². The monoisotopic (exact) mass is 149 g/mol. The molecule has 0 aromatic rings. The van der Waals surface area contributed by atoms with E-state index in [4.69, 9.17) is 20.7 Å². The highest BCUT2D eigenvalue weighted by atomic mass is 16.6. The van der Waals surface area contributed by atoms with Crippen molar-refractivity contribution in [3.63, 3.8) is 0 Å². The molecule has 0 saturated heterocycles. The zero-order valence-electron chi connectivity index (χ0n) is 6.21. The lowest BCUT2D eigenvalue weighted by Crippen LogP contribution is -1.96. The van der Waals surface area contributed by atoms with E-state index >= 15 is 0 Å². The third kappa shape index (κ3) is 56.4. The molecule has 4 heteroatoms. The molecule has 0 saturated carbocycles. The number of carbonyl (C=O) groups is 1. The molecule has 0 heterocycles. The molecule has 0 aromatic heterocycles. The lowest BCUT2D eigenvalue weighted by molar-refractivity contribution is 0.137. The zero-order valence-corrected chi connectivity index (χ0v) is 6.21. The Kier molecular flexibility index (Phi) is 13.3. The van der Waals surface area contributed by atoms with E-state index in [9.17, 15) is 0 Å². The van der Waals surface area contributed by atoms with Gasteiger partial charge in [0.25, 0.3) is 0 Å². The Morgan fingerprint density at radius 2 is 1.80 bits per heavy atom. The minimum absolute atomic E-state index is 0.855. The van der Waals surface area contributed by atoms with Gasteiger partial charge in [-0.2, -0.15) is 0 Å². The Morgan fingerprint density at radius 3 is 1.90 bits per heavy atom. The van der Waals surface area contributed by atoms with Crippen molar-refractivity contribution in [2.45, 2.75) is 26.2 Å². The van der Waals surface area contributed by atoms with Crippen LogP contribution in [0.2, 0.25) is 0 Å². The van der Waals surface area contributed by atoms with Crippen molar-refractivity contribution in [2.24, 2.45) is 5.73 Å². The van der Waals surface area contributed by atoms with Gasteiger partial charge in [-0.05, 0) is 13.0 Å². The highest BCUT2D eigenvalue weighted by molar-refractivity contribution is 5.53. The molecule has 0 radical (unpaired) electrons. The van der Waals surface area contributed by atoms with E-state index in [2.05, 4.69) is 6.92 Å². The Hall–Kier alpha value is -0.770. The molecule has 0 spiro atoms. The van der Waals surface area contributed by atoms with Gasteiger partial charge in [-0.1, -0.05) is 19.8 Å². The summed E-state index contributed by atoms with van der Waals surface area (Å²) in [5, 5.41) is 13.9. The Bertz CT molecular complexity index is 67.4. The van der Waals surface area contributed by atoms with Crippen molar-refractivity contribution in [2.75, 3.05) is 6.54 Å². The van der Waals surface area contributed by atoms with Crippen LogP contribution in [-0.4, -0.2) is 22.9 Å². The fourth-order valence-electron chi connectivity index (χ4n) is 0.394. The third-order valence-corrected chi connectivity index (χ3v) is 0.808. The van der Waals surface area contributed by atoms with Gasteiger partial charge in [0, 0.05) is 0 Å². The molecule has 0 bridgehead atoms. The number of nitrogens with two attached hydrogens (primary N) is 1. The summed E-state index contributed by atoms with van der Waals surface area (Å²) in [5.41, 5.74) is 5.21. The van der Waals surface area contributed by atoms with Gasteiger partial charge < -0.3 is 15.9 Å². The van der Waals surface area contributed by atoms with Gasteiger partial charge in [-0.3, -0.25) is 0 Å². The van der Waals surface area contributed by atoms with Crippen LogP contribution in [-0.2, 0) is 0 Å². The maximum atomic E-state index is 8.56. The summed E-state index contributed by atoms with van der Waals surface area (Å²) < 4.78 is 0. The second-order valence-electron chi connectivity index (χ2n) is 1.78. The maximum Gasteiger partial charge on any atom is 0.503 e. The fourth-order valence-corrected chi connectivity index (χ4v) is 0.394. The molecule has 0 unspecified atom stereocenters. The summed E-state index contributed by atoms with van der Waals surface area (Å²) in [6, 6.07) is 0. The summed E-state index contributed by atoms with van der Waals surface area (Å²) in [7, 11) is 0. The second kappa shape index (κ2) is 11.1. The molecule has 0 rings (SSSR count). The van der Waals surface area contributed by atoms with Crippen LogP contribution in [0.1, 0.15) is 26.2 Å². The highest BCUT2D eigenvalue weighted by Crippen LogP contribution is 1.88. The predicted octanol–water partition coefficient (Wildman–Crippen LogP) is 1.36. The standard InChI is InChI=1S/C5H13N.CH2O3/c1-2-3-4-5-6;2-1(3)4/h2-6H2,1H3;(H2,2,3,4). The first kappa shape index (κ1) is 12.0. The SMILES string of the molecule is CCCCCN.O=C(O)O. The van der Waals surface area contributed by atoms with Crippen LogP contribution in [0.5, 0.6) is 0 Å². The van der Waals surface area contributed by atoms with Crippen LogP contribution in [0.4, 0.5) is 4.79 Å². The van der Waals surface area contributed by atoms with E-state index < -0.39 is 6.16 Å². The Labute approximate surface area is 60.7 Å². The summed E-state index contributed by atoms with van der Waals surface area (Å²) in [5.74, 6) is 0. The molecule has 0 aliphatic heterocycles. The quantitative estimate of drug-likeness (QED) is 0.529. The number of hydrogen-bond acceptors (Lipinski definition) is 2. The molecule has 0 atom stereocenters. The van der Waals surface area contributed by atoms with Crippen LogP contribution in [0.3, 0.4) is 0 Å². The lowest BCUT2D eigenvalue weighted by atomic mass is 10.3. The van der Waals surface area contributed by atoms with Gasteiger partial charge in [-0.25, -0.2) is 4.79 Å². The fraction of sp³-hybridized carbons (Fsp3) is 0.833.